The van der Waals surface area contributed by atoms with E-state index in [2.05, 4.69) is 15.9 Å². The maximum atomic E-state index is 11.3. The molecule has 0 aliphatic carbocycles. The van der Waals surface area contributed by atoms with Crippen molar-refractivity contribution in [3.63, 3.8) is 0 Å². The summed E-state index contributed by atoms with van der Waals surface area (Å²) < 4.78 is 0. The fourth-order valence-electron chi connectivity index (χ4n) is 1.53. The normalized spacial score (nSPS) is 25.2. The number of halogens is 1. The van der Waals surface area contributed by atoms with Crippen molar-refractivity contribution in [1.82, 2.24) is 4.90 Å². The van der Waals surface area contributed by atoms with Gasteiger partial charge in [-0.05, 0) is 19.3 Å². The SMILES string of the molecule is CCC(=O)N1CCCC(Br)CC1. The number of alkyl halides is 1. The molecule has 1 amide bonds. The minimum atomic E-state index is 0.302. The van der Waals surface area contributed by atoms with Gasteiger partial charge in [-0.15, -0.1) is 0 Å². The molecule has 1 rings (SSSR count). The predicted octanol–water partition coefficient (Wildman–Crippen LogP) is 2.17. The maximum absolute atomic E-state index is 11.3. The van der Waals surface area contributed by atoms with Crippen molar-refractivity contribution in [3.8, 4) is 0 Å². The van der Waals surface area contributed by atoms with Crippen molar-refractivity contribution in [2.75, 3.05) is 13.1 Å². The highest BCUT2D eigenvalue weighted by molar-refractivity contribution is 9.09. The van der Waals surface area contributed by atoms with E-state index in [1.165, 1.54) is 6.42 Å². The summed E-state index contributed by atoms with van der Waals surface area (Å²) in [5.41, 5.74) is 0. The highest BCUT2D eigenvalue weighted by Gasteiger charge is 2.17. The minimum Gasteiger partial charge on any atom is -0.343 e. The summed E-state index contributed by atoms with van der Waals surface area (Å²) in [5, 5.41) is 0. The number of likely N-dealkylation sites (tertiary alicyclic amines) is 1. The fraction of sp³-hybridized carbons (Fsp3) is 0.889. The lowest BCUT2D eigenvalue weighted by molar-refractivity contribution is -0.130. The number of rotatable bonds is 1. The molecular formula is C9H16BrNO. The van der Waals surface area contributed by atoms with Crippen molar-refractivity contribution in [2.24, 2.45) is 0 Å². The Labute approximate surface area is 82.4 Å². The van der Waals surface area contributed by atoms with Gasteiger partial charge < -0.3 is 4.90 Å². The quantitative estimate of drug-likeness (QED) is 0.637. The molecule has 1 fully saturated rings. The lowest BCUT2D eigenvalue weighted by Gasteiger charge is -2.19. The monoisotopic (exact) mass is 233 g/mol. The van der Waals surface area contributed by atoms with E-state index in [0.717, 1.165) is 25.9 Å². The van der Waals surface area contributed by atoms with Crippen LogP contribution in [0.5, 0.6) is 0 Å². The van der Waals surface area contributed by atoms with Gasteiger partial charge in [0.15, 0.2) is 0 Å². The highest BCUT2D eigenvalue weighted by Crippen LogP contribution is 2.17. The first kappa shape index (κ1) is 10.0. The fourth-order valence-corrected chi connectivity index (χ4v) is 2.06. The predicted molar refractivity (Wildman–Crippen MR) is 53.4 cm³/mol. The lowest BCUT2D eigenvalue weighted by atomic mass is 10.2. The van der Waals surface area contributed by atoms with E-state index in [0.29, 0.717) is 17.2 Å². The molecule has 0 bridgehead atoms. The molecule has 1 unspecified atom stereocenters. The van der Waals surface area contributed by atoms with Gasteiger partial charge in [-0.1, -0.05) is 22.9 Å². The van der Waals surface area contributed by atoms with Crippen LogP contribution in [0.2, 0.25) is 0 Å². The van der Waals surface area contributed by atoms with Crippen LogP contribution in [0.1, 0.15) is 32.6 Å². The van der Waals surface area contributed by atoms with Gasteiger partial charge in [-0.3, -0.25) is 4.79 Å². The van der Waals surface area contributed by atoms with Gasteiger partial charge in [-0.2, -0.15) is 0 Å². The molecule has 0 spiro atoms. The van der Waals surface area contributed by atoms with Gasteiger partial charge in [0, 0.05) is 24.3 Å². The van der Waals surface area contributed by atoms with Crippen LogP contribution >= 0.6 is 15.9 Å². The largest absolute Gasteiger partial charge is 0.343 e. The summed E-state index contributed by atoms with van der Waals surface area (Å²) in [6, 6.07) is 0. The Morgan fingerprint density at radius 2 is 2.25 bits per heavy atom. The van der Waals surface area contributed by atoms with Crippen LogP contribution in [-0.4, -0.2) is 28.7 Å². The molecule has 3 heteroatoms. The Hall–Kier alpha value is -0.0500. The van der Waals surface area contributed by atoms with Gasteiger partial charge >= 0.3 is 0 Å². The Morgan fingerprint density at radius 3 is 2.92 bits per heavy atom. The molecule has 1 heterocycles. The summed E-state index contributed by atoms with van der Waals surface area (Å²) in [5.74, 6) is 0.302. The summed E-state index contributed by atoms with van der Waals surface area (Å²) >= 11 is 3.60. The summed E-state index contributed by atoms with van der Waals surface area (Å²) in [6.45, 7) is 3.82. The number of hydrogen-bond donors (Lipinski definition) is 0. The third kappa shape index (κ3) is 2.77. The summed E-state index contributed by atoms with van der Waals surface area (Å²) in [4.78, 5) is 13.9. The van der Waals surface area contributed by atoms with E-state index < -0.39 is 0 Å². The zero-order valence-corrected chi connectivity index (χ0v) is 9.14. The molecule has 2 nitrogen and oxygen atoms in total. The molecule has 0 radical (unpaired) electrons. The van der Waals surface area contributed by atoms with Gasteiger partial charge in [0.2, 0.25) is 5.91 Å². The lowest BCUT2D eigenvalue weighted by Crippen LogP contribution is -2.31. The first-order chi connectivity index (χ1) is 5.74. The number of amides is 1. The van der Waals surface area contributed by atoms with Crippen LogP contribution < -0.4 is 0 Å². The first-order valence-corrected chi connectivity index (χ1v) is 5.57. The maximum Gasteiger partial charge on any atom is 0.222 e. The van der Waals surface area contributed by atoms with E-state index in [-0.39, 0.29) is 0 Å². The Bertz CT molecular complexity index is 161. The molecular weight excluding hydrogens is 218 g/mol. The number of nitrogens with zero attached hydrogens (tertiary/aromatic N) is 1. The average molecular weight is 234 g/mol. The third-order valence-corrected chi connectivity index (χ3v) is 3.23. The van der Waals surface area contributed by atoms with Gasteiger partial charge in [0.1, 0.15) is 0 Å². The van der Waals surface area contributed by atoms with Crippen molar-refractivity contribution in [3.05, 3.63) is 0 Å². The Balaban J connectivity index is 2.40. The Morgan fingerprint density at radius 1 is 1.50 bits per heavy atom. The standard InChI is InChI=1S/C9H16BrNO/c1-2-9(12)11-6-3-4-8(10)5-7-11/h8H,2-7H2,1H3. The van der Waals surface area contributed by atoms with Crippen molar-refractivity contribution in [1.29, 1.82) is 0 Å². The van der Waals surface area contributed by atoms with Crippen LogP contribution in [0.15, 0.2) is 0 Å². The highest BCUT2D eigenvalue weighted by atomic mass is 79.9. The van der Waals surface area contributed by atoms with E-state index in [1.807, 2.05) is 11.8 Å². The van der Waals surface area contributed by atoms with Crippen LogP contribution in [-0.2, 0) is 4.79 Å². The average Bonchev–Trinajstić information content (AvgIpc) is 2.29. The Kier molecular flexibility index (Phi) is 4.06. The topological polar surface area (TPSA) is 20.3 Å². The first-order valence-electron chi connectivity index (χ1n) is 4.66. The van der Waals surface area contributed by atoms with Gasteiger partial charge in [-0.25, -0.2) is 0 Å². The van der Waals surface area contributed by atoms with E-state index in [1.54, 1.807) is 0 Å². The molecule has 0 saturated carbocycles. The zero-order valence-electron chi connectivity index (χ0n) is 7.55. The third-order valence-electron chi connectivity index (χ3n) is 2.31. The summed E-state index contributed by atoms with van der Waals surface area (Å²) in [7, 11) is 0. The van der Waals surface area contributed by atoms with Crippen LogP contribution in [0.4, 0.5) is 0 Å². The minimum absolute atomic E-state index is 0.302. The smallest absolute Gasteiger partial charge is 0.222 e. The molecule has 12 heavy (non-hydrogen) atoms. The van der Waals surface area contributed by atoms with Crippen LogP contribution in [0, 0.1) is 0 Å². The van der Waals surface area contributed by atoms with Crippen molar-refractivity contribution < 1.29 is 4.79 Å². The number of hydrogen-bond acceptors (Lipinski definition) is 1. The molecule has 1 saturated heterocycles. The molecule has 0 aromatic carbocycles. The summed E-state index contributed by atoms with van der Waals surface area (Å²) in [6.07, 6.45) is 4.09. The second-order valence-electron chi connectivity index (χ2n) is 3.26. The van der Waals surface area contributed by atoms with E-state index >= 15 is 0 Å². The van der Waals surface area contributed by atoms with Crippen LogP contribution in [0.3, 0.4) is 0 Å². The second-order valence-corrected chi connectivity index (χ2v) is 4.56. The second kappa shape index (κ2) is 4.85. The molecule has 1 aliphatic heterocycles. The molecule has 0 aromatic heterocycles. The van der Waals surface area contributed by atoms with Gasteiger partial charge in [0.25, 0.3) is 0 Å². The molecule has 1 atom stereocenters. The molecule has 70 valence electrons. The zero-order chi connectivity index (χ0) is 8.97. The molecule has 1 aliphatic rings. The van der Waals surface area contributed by atoms with Crippen molar-refractivity contribution in [2.45, 2.75) is 37.4 Å². The molecule has 0 N–H and O–H groups in total. The number of carbonyl (C=O) groups excluding carboxylic acids is 1. The van der Waals surface area contributed by atoms with Crippen LogP contribution in [0.25, 0.3) is 0 Å². The molecule has 0 aromatic rings. The van der Waals surface area contributed by atoms with E-state index in [9.17, 15) is 4.79 Å². The van der Waals surface area contributed by atoms with Gasteiger partial charge in [0.05, 0.1) is 0 Å². The van der Waals surface area contributed by atoms with Crippen molar-refractivity contribution >= 4 is 21.8 Å². The van der Waals surface area contributed by atoms with E-state index in [4.69, 9.17) is 0 Å². The number of carbonyl (C=O) groups is 1.